The van der Waals surface area contributed by atoms with E-state index in [2.05, 4.69) is 23.7 Å². The van der Waals surface area contributed by atoms with E-state index in [4.69, 9.17) is 5.73 Å². The molecular formula is C12H16N2. The van der Waals surface area contributed by atoms with Gasteiger partial charge in [0.15, 0.2) is 0 Å². The van der Waals surface area contributed by atoms with E-state index < -0.39 is 0 Å². The first kappa shape index (κ1) is 10.6. The molecule has 74 valence electrons. The van der Waals surface area contributed by atoms with Crippen molar-refractivity contribution in [1.82, 2.24) is 4.98 Å². The lowest BCUT2D eigenvalue weighted by Gasteiger charge is -1.94. The maximum Gasteiger partial charge on any atom is 0.139 e. The maximum atomic E-state index is 5.65. The van der Waals surface area contributed by atoms with Gasteiger partial charge in [-0.1, -0.05) is 31.6 Å². The molecule has 0 atom stereocenters. The van der Waals surface area contributed by atoms with Gasteiger partial charge in [0.25, 0.3) is 0 Å². The van der Waals surface area contributed by atoms with Gasteiger partial charge in [-0.15, -0.1) is 0 Å². The first-order valence-electron chi connectivity index (χ1n) is 5.04. The second-order valence-electron chi connectivity index (χ2n) is 3.20. The Morgan fingerprint density at radius 1 is 1.43 bits per heavy atom. The minimum absolute atomic E-state index is 0.524. The molecule has 2 heteroatoms. The normalized spacial score (nSPS) is 9.21. The van der Waals surface area contributed by atoms with Crippen molar-refractivity contribution in [1.29, 1.82) is 0 Å². The molecule has 1 heterocycles. The van der Waals surface area contributed by atoms with Crippen LogP contribution in [-0.4, -0.2) is 4.98 Å². The first-order chi connectivity index (χ1) is 6.84. The zero-order valence-electron chi connectivity index (χ0n) is 8.59. The largest absolute Gasteiger partial charge is 0.383 e. The van der Waals surface area contributed by atoms with E-state index in [-0.39, 0.29) is 0 Å². The van der Waals surface area contributed by atoms with Crippen LogP contribution in [0.1, 0.15) is 38.2 Å². The molecule has 1 rings (SSSR count). The Labute approximate surface area is 85.5 Å². The van der Waals surface area contributed by atoms with Gasteiger partial charge in [0.2, 0.25) is 0 Å². The van der Waals surface area contributed by atoms with Gasteiger partial charge < -0.3 is 5.73 Å². The Morgan fingerprint density at radius 3 is 3.00 bits per heavy atom. The standard InChI is InChI=1S/C12H16N2/c1-2-3-4-5-6-8-11-9-7-10-14-12(11)13/h7,9-10H,2-5H2,1H3,(H2,13,14). The smallest absolute Gasteiger partial charge is 0.139 e. The lowest BCUT2D eigenvalue weighted by molar-refractivity contribution is 0.737. The summed E-state index contributed by atoms with van der Waals surface area (Å²) in [6.45, 7) is 2.19. The van der Waals surface area contributed by atoms with Crippen LogP contribution in [0, 0.1) is 11.8 Å². The Hall–Kier alpha value is -1.49. The van der Waals surface area contributed by atoms with Crippen LogP contribution in [0.25, 0.3) is 0 Å². The quantitative estimate of drug-likeness (QED) is 0.585. The van der Waals surface area contributed by atoms with E-state index in [0.29, 0.717) is 5.82 Å². The number of hydrogen-bond acceptors (Lipinski definition) is 2. The first-order valence-corrected chi connectivity index (χ1v) is 5.04. The molecule has 1 aromatic rings. The number of nitrogens with two attached hydrogens (primary N) is 1. The molecule has 0 unspecified atom stereocenters. The lowest BCUT2D eigenvalue weighted by Crippen LogP contribution is -1.92. The van der Waals surface area contributed by atoms with Crippen molar-refractivity contribution in [3.63, 3.8) is 0 Å². The van der Waals surface area contributed by atoms with Gasteiger partial charge in [-0.2, -0.15) is 0 Å². The average molecular weight is 188 g/mol. The van der Waals surface area contributed by atoms with E-state index in [1.807, 2.05) is 12.1 Å². The van der Waals surface area contributed by atoms with Crippen LogP contribution in [-0.2, 0) is 0 Å². The minimum atomic E-state index is 0.524. The van der Waals surface area contributed by atoms with Gasteiger partial charge in [-0.05, 0) is 18.6 Å². The van der Waals surface area contributed by atoms with Crippen LogP contribution < -0.4 is 5.73 Å². The number of anilines is 1. The summed E-state index contributed by atoms with van der Waals surface area (Å²) >= 11 is 0. The number of unbranched alkanes of at least 4 members (excludes halogenated alkanes) is 3. The van der Waals surface area contributed by atoms with Gasteiger partial charge >= 0.3 is 0 Å². The van der Waals surface area contributed by atoms with Gasteiger partial charge in [-0.3, -0.25) is 0 Å². The molecule has 0 fully saturated rings. The van der Waals surface area contributed by atoms with Crippen molar-refractivity contribution in [3.8, 4) is 11.8 Å². The molecule has 0 saturated heterocycles. The molecule has 0 aromatic carbocycles. The van der Waals surface area contributed by atoms with E-state index in [1.54, 1.807) is 6.20 Å². The highest BCUT2D eigenvalue weighted by Crippen LogP contribution is 2.04. The van der Waals surface area contributed by atoms with Crippen molar-refractivity contribution >= 4 is 5.82 Å². The van der Waals surface area contributed by atoms with Crippen LogP contribution in [0.5, 0.6) is 0 Å². The summed E-state index contributed by atoms with van der Waals surface area (Å²) in [4.78, 5) is 3.97. The van der Waals surface area contributed by atoms with Crippen molar-refractivity contribution in [2.24, 2.45) is 0 Å². The average Bonchev–Trinajstić information content (AvgIpc) is 2.20. The number of pyridine rings is 1. The third kappa shape index (κ3) is 3.49. The molecule has 2 nitrogen and oxygen atoms in total. The monoisotopic (exact) mass is 188 g/mol. The third-order valence-corrected chi connectivity index (χ3v) is 1.97. The molecule has 0 bridgehead atoms. The van der Waals surface area contributed by atoms with Crippen molar-refractivity contribution in [2.75, 3.05) is 5.73 Å². The van der Waals surface area contributed by atoms with Crippen LogP contribution in [0.15, 0.2) is 18.3 Å². The predicted octanol–water partition coefficient (Wildman–Crippen LogP) is 2.60. The highest BCUT2D eigenvalue weighted by molar-refractivity contribution is 5.49. The summed E-state index contributed by atoms with van der Waals surface area (Å²) in [6.07, 6.45) is 6.28. The Morgan fingerprint density at radius 2 is 2.29 bits per heavy atom. The van der Waals surface area contributed by atoms with Crippen molar-refractivity contribution in [3.05, 3.63) is 23.9 Å². The minimum Gasteiger partial charge on any atom is -0.383 e. The van der Waals surface area contributed by atoms with Crippen molar-refractivity contribution in [2.45, 2.75) is 32.6 Å². The summed E-state index contributed by atoms with van der Waals surface area (Å²) in [5.74, 6) is 6.67. The number of nitrogen functional groups attached to an aromatic ring is 1. The fraction of sp³-hybridized carbons (Fsp3) is 0.417. The van der Waals surface area contributed by atoms with Gasteiger partial charge in [0.05, 0.1) is 5.56 Å². The van der Waals surface area contributed by atoms with Crippen LogP contribution in [0.4, 0.5) is 5.82 Å². The third-order valence-electron chi connectivity index (χ3n) is 1.97. The summed E-state index contributed by atoms with van der Waals surface area (Å²) in [5.41, 5.74) is 6.48. The molecule has 0 amide bonds. The van der Waals surface area contributed by atoms with Gasteiger partial charge in [0, 0.05) is 12.6 Å². The second-order valence-corrected chi connectivity index (χ2v) is 3.20. The molecule has 0 aliphatic carbocycles. The maximum absolute atomic E-state index is 5.65. The summed E-state index contributed by atoms with van der Waals surface area (Å²) < 4.78 is 0. The summed E-state index contributed by atoms with van der Waals surface area (Å²) in [7, 11) is 0. The van der Waals surface area contributed by atoms with Crippen LogP contribution in [0.2, 0.25) is 0 Å². The van der Waals surface area contributed by atoms with Gasteiger partial charge in [0.1, 0.15) is 5.82 Å². The zero-order valence-corrected chi connectivity index (χ0v) is 8.59. The summed E-state index contributed by atoms with van der Waals surface area (Å²) in [5, 5.41) is 0. The molecule has 0 saturated carbocycles. The molecule has 0 radical (unpaired) electrons. The van der Waals surface area contributed by atoms with E-state index >= 15 is 0 Å². The Kier molecular flexibility index (Phi) is 4.57. The van der Waals surface area contributed by atoms with E-state index in [0.717, 1.165) is 12.0 Å². The lowest BCUT2D eigenvalue weighted by atomic mass is 10.2. The Bertz CT molecular complexity index is 334. The number of rotatable bonds is 3. The molecule has 0 spiro atoms. The highest BCUT2D eigenvalue weighted by atomic mass is 14.8. The zero-order chi connectivity index (χ0) is 10.2. The fourth-order valence-electron chi connectivity index (χ4n) is 1.14. The Balaban J connectivity index is 2.47. The van der Waals surface area contributed by atoms with Gasteiger partial charge in [-0.25, -0.2) is 4.98 Å². The molecule has 2 N–H and O–H groups in total. The van der Waals surface area contributed by atoms with Crippen LogP contribution in [0.3, 0.4) is 0 Å². The van der Waals surface area contributed by atoms with Crippen LogP contribution >= 0.6 is 0 Å². The molecular weight excluding hydrogens is 172 g/mol. The van der Waals surface area contributed by atoms with E-state index in [1.165, 1.54) is 19.3 Å². The van der Waals surface area contributed by atoms with E-state index in [9.17, 15) is 0 Å². The van der Waals surface area contributed by atoms with Crippen molar-refractivity contribution < 1.29 is 0 Å². The fourth-order valence-corrected chi connectivity index (χ4v) is 1.14. The SMILES string of the molecule is CCCCCC#Cc1cccnc1N. The molecule has 0 aliphatic heterocycles. The molecule has 14 heavy (non-hydrogen) atoms. The number of hydrogen-bond donors (Lipinski definition) is 1. The predicted molar refractivity (Wildman–Crippen MR) is 59.7 cm³/mol. The molecule has 0 aliphatic rings. The highest BCUT2D eigenvalue weighted by Gasteiger charge is 1.92. The topological polar surface area (TPSA) is 38.9 Å². The number of aromatic nitrogens is 1. The summed E-state index contributed by atoms with van der Waals surface area (Å²) in [6, 6.07) is 3.75. The second kappa shape index (κ2) is 6.04. The number of nitrogens with zero attached hydrogens (tertiary/aromatic N) is 1. The molecule has 1 aromatic heterocycles.